The number of aromatic nitrogens is 3. The SMILES string of the molecule is COC(=O)Nc1n[nH]c2cc(NC(=O)NC(C)c3ccc(F)cc3)ncc12. The van der Waals surface area contributed by atoms with Crippen molar-refractivity contribution in [3.8, 4) is 0 Å². The quantitative estimate of drug-likeness (QED) is 0.560. The van der Waals surface area contributed by atoms with Crippen molar-refractivity contribution < 1.29 is 18.7 Å². The molecule has 140 valence electrons. The maximum absolute atomic E-state index is 13.0. The van der Waals surface area contributed by atoms with Gasteiger partial charge in [0.15, 0.2) is 5.82 Å². The number of nitrogens with one attached hydrogen (secondary N) is 4. The normalized spacial score (nSPS) is 11.7. The third-order valence-electron chi connectivity index (χ3n) is 3.81. The number of ether oxygens (including phenoxy) is 1. The first-order valence-electron chi connectivity index (χ1n) is 7.98. The lowest BCUT2D eigenvalue weighted by Gasteiger charge is -2.14. The number of H-pyrrole nitrogens is 1. The van der Waals surface area contributed by atoms with E-state index in [1.54, 1.807) is 25.1 Å². The molecule has 2 heterocycles. The topological polar surface area (TPSA) is 121 Å². The van der Waals surface area contributed by atoms with E-state index in [-0.39, 0.29) is 17.7 Å². The van der Waals surface area contributed by atoms with Crippen LogP contribution in [0, 0.1) is 5.82 Å². The van der Waals surface area contributed by atoms with Gasteiger partial charge in [-0.15, -0.1) is 0 Å². The van der Waals surface area contributed by atoms with Gasteiger partial charge < -0.3 is 10.1 Å². The number of pyridine rings is 1. The molecule has 0 spiro atoms. The molecule has 0 fully saturated rings. The number of hydrogen-bond donors (Lipinski definition) is 4. The molecule has 0 aliphatic rings. The molecule has 4 N–H and O–H groups in total. The standard InChI is InChI=1S/C17H17FN6O3/c1-9(10-3-5-11(18)6-4-10)20-16(25)21-14-7-13-12(8-19-14)15(24-23-13)22-17(26)27-2/h3-9H,1-2H3,(H2,19,20,21,25)(H2,22,23,24,26). The molecule has 0 aliphatic carbocycles. The minimum atomic E-state index is -0.653. The molecule has 9 nitrogen and oxygen atoms in total. The van der Waals surface area contributed by atoms with Gasteiger partial charge >= 0.3 is 12.1 Å². The number of carbonyl (C=O) groups is 2. The van der Waals surface area contributed by atoms with E-state index in [2.05, 4.69) is 35.9 Å². The van der Waals surface area contributed by atoms with E-state index in [0.29, 0.717) is 16.7 Å². The van der Waals surface area contributed by atoms with Crippen molar-refractivity contribution in [2.24, 2.45) is 0 Å². The summed E-state index contributed by atoms with van der Waals surface area (Å²) in [5.74, 6) is 0.221. The Labute approximate surface area is 153 Å². The monoisotopic (exact) mass is 372 g/mol. The Morgan fingerprint density at radius 2 is 1.96 bits per heavy atom. The molecule has 0 saturated carbocycles. The van der Waals surface area contributed by atoms with Crippen LogP contribution in [0.25, 0.3) is 10.9 Å². The summed E-state index contributed by atoms with van der Waals surface area (Å²) in [6.45, 7) is 1.78. The zero-order chi connectivity index (χ0) is 19.4. The van der Waals surface area contributed by atoms with Gasteiger partial charge in [0.2, 0.25) is 0 Å². The highest BCUT2D eigenvalue weighted by molar-refractivity contribution is 5.98. The minimum Gasteiger partial charge on any atom is -0.453 e. The van der Waals surface area contributed by atoms with Gasteiger partial charge in [-0.05, 0) is 24.6 Å². The van der Waals surface area contributed by atoms with Gasteiger partial charge in [0.05, 0.1) is 24.1 Å². The molecule has 0 bridgehead atoms. The van der Waals surface area contributed by atoms with Crippen LogP contribution in [0.5, 0.6) is 0 Å². The Morgan fingerprint density at radius 3 is 2.67 bits per heavy atom. The molecular weight excluding hydrogens is 355 g/mol. The van der Waals surface area contributed by atoms with Crippen LogP contribution in [-0.2, 0) is 4.74 Å². The molecule has 1 unspecified atom stereocenters. The Bertz CT molecular complexity index is 972. The smallest absolute Gasteiger partial charge is 0.412 e. The van der Waals surface area contributed by atoms with E-state index < -0.39 is 12.1 Å². The number of urea groups is 1. The third kappa shape index (κ3) is 4.29. The van der Waals surface area contributed by atoms with E-state index in [0.717, 1.165) is 5.56 Å². The molecule has 0 radical (unpaired) electrons. The Balaban J connectivity index is 1.66. The van der Waals surface area contributed by atoms with Crippen LogP contribution in [0.4, 0.5) is 25.6 Å². The number of carbonyl (C=O) groups excluding carboxylic acids is 2. The van der Waals surface area contributed by atoms with Gasteiger partial charge in [-0.1, -0.05) is 12.1 Å². The third-order valence-corrected chi connectivity index (χ3v) is 3.81. The second kappa shape index (κ2) is 7.68. The van der Waals surface area contributed by atoms with Gasteiger partial charge in [-0.2, -0.15) is 5.10 Å². The summed E-state index contributed by atoms with van der Waals surface area (Å²) in [6.07, 6.45) is 0.808. The average Bonchev–Trinajstić information content (AvgIpc) is 3.04. The molecule has 0 aliphatic heterocycles. The lowest BCUT2D eigenvalue weighted by atomic mass is 10.1. The van der Waals surface area contributed by atoms with E-state index in [4.69, 9.17) is 0 Å². The second-order valence-electron chi connectivity index (χ2n) is 5.68. The number of fused-ring (bicyclic) bond motifs is 1. The number of nitrogens with zero attached hydrogens (tertiary/aromatic N) is 2. The van der Waals surface area contributed by atoms with Gasteiger partial charge in [-0.3, -0.25) is 15.7 Å². The summed E-state index contributed by atoms with van der Waals surface area (Å²) in [4.78, 5) is 27.6. The Morgan fingerprint density at radius 1 is 1.22 bits per heavy atom. The van der Waals surface area contributed by atoms with Crippen molar-refractivity contribution in [3.63, 3.8) is 0 Å². The molecular formula is C17H17FN6O3. The predicted octanol–water partition coefficient (Wildman–Crippen LogP) is 3.16. The summed E-state index contributed by atoms with van der Waals surface area (Å²) in [6, 6.07) is 6.66. The molecule has 10 heteroatoms. The fourth-order valence-corrected chi connectivity index (χ4v) is 2.41. The largest absolute Gasteiger partial charge is 0.453 e. The maximum Gasteiger partial charge on any atom is 0.412 e. The minimum absolute atomic E-state index is 0.269. The number of hydrogen-bond acceptors (Lipinski definition) is 5. The summed E-state index contributed by atoms with van der Waals surface area (Å²) in [7, 11) is 1.25. The zero-order valence-electron chi connectivity index (χ0n) is 14.5. The van der Waals surface area contributed by atoms with Gasteiger partial charge in [0, 0.05) is 12.3 Å². The molecule has 1 atom stereocenters. The highest BCUT2D eigenvalue weighted by atomic mass is 19.1. The molecule has 3 rings (SSSR count). The van der Waals surface area contributed by atoms with Crippen molar-refractivity contribution in [1.82, 2.24) is 20.5 Å². The molecule has 27 heavy (non-hydrogen) atoms. The molecule has 3 amide bonds. The first-order valence-corrected chi connectivity index (χ1v) is 7.98. The van der Waals surface area contributed by atoms with Crippen LogP contribution in [-0.4, -0.2) is 34.4 Å². The van der Waals surface area contributed by atoms with Crippen LogP contribution >= 0.6 is 0 Å². The fourth-order valence-electron chi connectivity index (χ4n) is 2.41. The van der Waals surface area contributed by atoms with E-state index >= 15 is 0 Å². The summed E-state index contributed by atoms with van der Waals surface area (Å²) in [5, 5.41) is 15.1. The van der Waals surface area contributed by atoms with Crippen molar-refractivity contribution in [2.45, 2.75) is 13.0 Å². The molecule has 0 saturated heterocycles. The van der Waals surface area contributed by atoms with E-state index in [1.165, 1.54) is 25.4 Å². The first-order chi connectivity index (χ1) is 13.0. The molecule has 2 aromatic heterocycles. The number of aromatic amines is 1. The number of halogens is 1. The Kier molecular flexibility index (Phi) is 5.15. The summed E-state index contributed by atoms with van der Waals surface area (Å²) in [5.41, 5.74) is 1.33. The van der Waals surface area contributed by atoms with Crippen molar-refractivity contribution in [3.05, 3.63) is 47.9 Å². The molecule has 3 aromatic rings. The average molecular weight is 372 g/mol. The number of methoxy groups -OCH3 is 1. The van der Waals surface area contributed by atoms with Crippen molar-refractivity contribution >= 4 is 34.7 Å². The highest BCUT2D eigenvalue weighted by Crippen LogP contribution is 2.22. The predicted molar refractivity (Wildman–Crippen MR) is 96.9 cm³/mol. The summed E-state index contributed by atoms with van der Waals surface area (Å²) < 4.78 is 17.5. The van der Waals surface area contributed by atoms with Gasteiger partial charge in [0.1, 0.15) is 11.6 Å². The maximum atomic E-state index is 13.0. The number of rotatable bonds is 4. The van der Waals surface area contributed by atoms with Gasteiger partial charge in [0.25, 0.3) is 0 Å². The van der Waals surface area contributed by atoms with Crippen molar-refractivity contribution in [2.75, 3.05) is 17.7 Å². The van der Waals surface area contributed by atoms with Crippen LogP contribution in [0.3, 0.4) is 0 Å². The van der Waals surface area contributed by atoms with Gasteiger partial charge in [-0.25, -0.2) is 19.0 Å². The lowest BCUT2D eigenvalue weighted by molar-refractivity contribution is 0.187. The van der Waals surface area contributed by atoms with E-state index in [1.807, 2.05) is 0 Å². The molecule has 1 aromatic carbocycles. The zero-order valence-corrected chi connectivity index (χ0v) is 14.5. The van der Waals surface area contributed by atoms with E-state index in [9.17, 15) is 14.0 Å². The summed E-state index contributed by atoms with van der Waals surface area (Å²) >= 11 is 0. The first kappa shape index (κ1) is 18.1. The second-order valence-corrected chi connectivity index (χ2v) is 5.68. The number of benzene rings is 1. The Hall–Kier alpha value is -3.69. The van der Waals surface area contributed by atoms with Crippen LogP contribution in [0.2, 0.25) is 0 Å². The van der Waals surface area contributed by atoms with Crippen LogP contribution < -0.4 is 16.0 Å². The van der Waals surface area contributed by atoms with Crippen molar-refractivity contribution in [1.29, 1.82) is 0 Å². The number of amides is 3. The fraction of sp³-hybridized carbons (Fsp3) is 0.176. The lowest BCUT2D eigenvalue weighted by Crippen LogP contribution is -2.31. The number of anilines is 2. The van der Waals surface area contributed by atoms with Crippen LogP contribution in [0.1, 0.15) is 18.5 Å². The van der Waals surface area contributed by atoms with Crippen LogP contribution in [0.15, 0.2) is 36.5 Å². The highest BCUT2D eigenvalue weighted by Gasteiger charge is 2.13.